The molecule has 0 aliphatic heterocycles. The van der Waals surface area contributed by atoms with Gasteiger partial charge in [-0.2, -0.15) is 5.26 Å². The van der Waals surface area contributed by atoms with Gasteiger partial charge in [0, 0.05) is 0 Å². The van der Waals surface area contributed by atoms with E-state index >= 15 is 0 Å². The number of hydrogen-bond acceptors (Lipinski definition) is 2. The first-order chi connectivity index (χ1) is 11.7. The second-order valence-electron chi connectivity index (χ2n) is 5.65. The van der Waals surface area contributed by atoms with Gasteiger partial charge in [0.25, 0.3) is 0 Å². The summed E-state index contributed by atoms with van der Waals surface area (Å²) in [5.41, 5.74) is 2.12. The van der Waals surface area contributed by atoms with E-state index in [4.69, 9.17) is 4.74 Å². The average molecular weight is 323 g/mol. The summed E-state index contributed by atoms with van der Waals surface area (Å²) in [6.45, 7) is 2.92. The van der Waals surface area contributed by atoms with Crippen molar-refractivity contribution in [3.63, 3.8) is 0 Å². The lowest BCUT2D eigenvalue weighted by atomic mass is 10.0. The Balaban J connectivity index is 1.99. The zero-order valence-electron chi connectivity index (χ0n) is 14.0. The number of nitrogens with zero attached hydrogens (tertiary/aromatic N) is 1. The predicted molar refractivity (Wildman–Crippen MR) is 96.0 cm³/mol. The van der Waals surface area contributed by atoms with Crippen molar-refractivity contribution >= 4 is 11.6 Å². The maximum atomic E-state index is 13.0. The third-order valence-corrected chi connectivity index (χ3v) is 3.73. The fourth-order valence-corrected chi connectivity index (χ4v) is 2.36. The summed E-state index contributed by atoms with van der Waals surface area (Å²) in [6, 6.07) is 15.7. The van der Waals surface area contributed by atoms with Crippen LogP contribution >= 0.6 is 0 Å². The van der Waals surface area contributed by atoms with E-state index < -0.39 is 0 Å². The molecule has 0 radical (unpaired) electrons. The van der Waals surface area contributed by atoms with Gasteiger partial charge in [-0.15, -0.1) is 0 Å². The molecule has 2 aromatic carbocycles. The van der Waals surface area contributed by atoms with Crippen LogP contribution in [0.3, 0.4) is 0 Å². The van der Waals surface area contributed by atoms with Crippen molar-refractivity contribution in [1.29, 1.82) is 5.26 Å². The second kappa shape index (κ2) is 9.52. The lowest BCUT2D eigenvalue weighted by Gasteiger charge is -2.06. The Morgan fingerprint density at radius 3 is 2.38 bits per heavy atom. The van der Waals surface area contributed by atoms with E-state index in [2.05, 4.69) is 13.0 Å². The molecule has 0 bridgehead atoms. The number of rotatable bonds is 8. The molecule has 0 N–H and O–H groups in total. The van der Waals surface area contributed by atoms with Gasteiger partial charge in [-0.25, -0.2) is 4.39 Å². The van der Waals surface area contributed by atoms with Crippen molar-refractivity contribution in [3.05, 3.63) is 65.5 Å². The van der Waals surface area contributed by atoms with Crippen LogP contribution in [0.15, 0.2) is 48.5 Å². The molecule has 3 heteroatoms. The van der Waals surface area contributed by atoms with E-state index in [1.165, 1.54) is 31.4 Å². The van der Waals surface area contributed by atoms with Gasteiger partial charge in [0.2, 0.25) is 0 Å². The van der Waals surface area contributed by atoms with Crippen LogP contribution in [0.1, 0.15) is 43.7 Å². The number of ether oxygens (including phenoxy) is 1. The van der Waals surface area contributed by atoms with Crippen molar-refractivity contribution in [2.45, 2.75) is 32.6 Å². The van der Waals surface area contributed by atoms with Crippen LogP contribution in [0.4, 0.5) is 4.39 Å². The van der Waals surface area contributed by atoms with Crippen LogP contribution in [0.25, 0.3) is 11.6 Å². The number of benzene rings is 2. The van der Waals surface area contributed by atoms with E-state index in [-0.39, 0.29) is 5.82 Å². The Morgan fingerprint density at radius 1 is 1.04 bits per heavy atom. The van der Waals surface area contributed by atoms with Crippen molar-refractivity contribution in [3.8, 4) is 11.8 Å². The lowest BCUT2D eigenvalue weighted by Crippen LogP contribution is -1.96. The highest BCUT2D eigenvalue weighted by Crippen LogP contribution is 2.20. The Morgan fingerprint density at radius 2 is 1.75 bits per heavy atom. The van der Waals surface area contributed by atoms with E-state index in [0.29, 0.717) is 11.1 Å². The van der Waals surface area contributed by atoms with Gasteiger partial charge in [-0.05, 0) is 47.9 Å². The van der Waals surface area contributed by atoms with Crippen LogP contribution in [0.2, 0.25) is 0 Å². The zero-order chi connectivity index (χ0) is 17.2. The maximum absolute atomic E-state index is 13.0. The Bertz CT molecular complexity index is 696. The van der Waals surface area contributed by atoms with Crippen molar-refractivity contribution in [1.82, 2.24) is 0 Å². The Kier molecular flexibility index (Phi) is 7.04. The molecule has 124 valence electrons. The van der Waals surface area contributed by atoms with Crippen LogP contribution in [-0.2, 0) is 0 Å². The first-order valence-electron chi connectivity index (χ1n) is 8.33. The van der Waals surface area contributed by atoms with Crippen LogP contribution in [0.5, 0.6) is 5.75 Å². The fraction of sp³-hybridized carbons (Fsp3) is 0.286. The standard InChI is InChI=1S/C21H22FNO/c1-2-3-4-5-14-24-21-12-6-17(7-13-21)15-19(16-23)18-8-10-20(22)11-9-18/h6-13,15H,2-5,14H2,1H3. The van der Waals surface area contributed by atoms with Gasteiger partial charge in [-0.1, -0.05) is 50.5 Å². The number of hydrogen-bond donors (Lipinski definition) is 0. The summed E-state index contributed by atoms with van der Waals surface area (Å²) in [7, 11) is 0. The molecule has 0 unspecified atom stereocenters. The number of unbranched alkanes of at least 4 members (excludes halogenated alkanes) is 3. The molecule has 0 aliphatic carbocycles. The predicted octanol–water partition coefficient (Wildman–Crippen LogP) is 5.85. The maximum Gasteiger partial charge on any atom is 0.123 e. The highest BCUT2D eigenvalue weighted by molar-refractivity contribution is 5.89. The van der Waals surface area contributed by atoms with Crippen LogP contribution < -0.4 is 4.74 Å². The first-order valence-corrected chi connectivity index (χ1v) is 8.33. The van der Waals surface area contributed by atoms with Crippen molar-refractivity contribution in [2.24, 2.45) is 0 Å². The van der Waals surface area contributed by atoms with E-state index in [0.717, 1.165) is 24.3 Å². The SMILES string of the molecule is CCCCCCOc1ccc(C=C(C#N)c2ccc(F)cc2)cc1. The molecule has 2 nitrogen and oxygen atoms in total. The van der Waals surface area contributed by atoms with E-state index in [9.17, 15) is 9.65 Å². The minimum atomic E-state index is -0.309. The smallest absolute Gasteiger partial charge is 0.123 e. The molecule has 2 aromatic rings. The van der Waals surface area contributed by atoms with Gasteiger partial charge in [0.1, 0.15) is 11.6 Å². The van der Waals surface area contributed by atoms with Crippen molar-refractivity contribution in [2.75, 3.05) is 6.61 Å². The lowest BCUT2D eigenvalue weighted by molar-refractivity contribution is 0.305. The monoisotopic (exact) mass is 323 g/mol. The minimum absolute atomic E-state index is 0.309. The summed E-state index contributed by atoms with van der Waals surface area (Å²) in [6.07, 6.45) is 6.52. The quantitative estimate of drug-likeness (QED) is 0.347. The van der Waals surface area contributed by atoms with E-state index in [1.54, 1.807) is 18.2 Å². The largest absolute Gasteiger partial charge is 0.494 e. The normalized spacial score (nSPS) is 11.1. The third-order valence-electron chi connectivity index (χ3n) is 3.73. The van der Waals surface area contributed by atoms with Gasteiger partial charge < -0.3 is 4.74 Å². The molecule has 0 spiro atoms. The molecule has 0 heterocycles. The summed E-state index contributed by atoms with van der Waals surface area (Å²) in [5.74, 6) is 0.528. The summed E-state index contributed by atoms with van der Waals surface area (Å²) >= 11 is 0. The van der Waals surface area contributed by atoms with Crippen LogP contribution in [-0.4, -0.2) is 6.61 Å². The van der Waals surface area contributed by atoms with Gasteiger partial charge in [-0.3, -0.25) is 0 Å². The Hall–Kier alpha value is -2.60. The van der Waals surface area contributed by atoms with Gasteiger partial charge >= 0.3 is 0 Å². The van der Waals surface area contributed by atoms with Gasteiger partial charge in [0.05, 0.1) is 18.2 Å². The van der Waals surface area contributed by atoms with Crippen molar-refractivity contribution < 1.29 is 9.13 Å². The number of halogens is 1. The fourth-order valence-electron chi connectivity index (χ4n) is 2.36. The molecule has 0 amide bonds. The third kappa shape index (κ3) is 5.55. The molecular weight excluding hydrogens is 301 g/mol. The van der Waals surface area contributed by atoms with Gasteiger partial charge in [0.15, 0.2) is 0 Å². The average Bonchev–Trinajstić information content (AvgIpc) is 2.61. The number of nitriles is 1. The summed E-state index contributed by atoms with van der Waals surface area (Å²) in [5, 5.41) is 9.31. The summed E-state index contributed by atoms with van der Waals surface area (Å²) < 4.78 is 18.7. The topological polar surface area (TPSA) is 33.0 Å². The molecule has 0 aliphatic rings. The molecule has 24 heavy (non-hydrogen) atoms. The molecule has 0 saturated carbocycles. The second-order valence-corrected chi connectivity index (χ2v) is 5.65. The molecular formula is C21H22FNO. The summed E-state index contributed by atoms with van der Waals surface area (Å²) in [4.78, 5) is 0. The number of allylic oxidation sites excluding steroid dienone is 1. The highest BCUT2D eigenvalue weighted by atomic mass is 19.1. The zero-order valence-corrected chi connectivity index (χ0v) is 14.0. The Labute approximate surface area is 143 Å². The minimum Gasteiger partial charge on any atom is -0.494 e. The molecule has 0 atom stereocenters. The molecule has 0 aromatic heterocycles. The molecule has 0 saturated heterocycles. The van der Waals surface area contributed by atoms with E-state index in [1.807, 2.05) is 24.3 Å². The first kappa shape index (κ1) is 17.7. The van der Waals surface area contributed by atoms with Crippen LogP contribution in [0, 0.1) is 17.1 Å². The molecule has 2 rings (SSSR count). The molecule has 0 fully saturated rings. The highest BCUT2D eigenvalue weighted by Gasteiger charge is 2.02.